The van der Waals surface area contributed by atoms with Crippen molar-refractivity contribution in [3.63, 3.8) is 0 Å². The predicted molar refractivity (Wildman–Crippen MR) is 139 cm³/mol. The highest BCUT2D eigenvalue weighted by molar-refractivity contribution is 5.76. The zero-order chi connectivity index (χ0) is 25.3. The maximum Gasteiger partial charge on any atom is 0.410 e. The number of benzene rings is 1. The van der Waals surface area contributed by atoms with E-state index < -0.39 is 5.60 Å². The Bertz CT molecular complexity index is 1080. The van der Waals surface area contributed by atoms with E-state index in [9.17, 15) is 9.90 Å². The first-order valence-corrected chi connectivity index (χ1v) is 12.9. The molecule has 10 nitrogen and oxygen atoms in total. The SMILES string of the molecule is CC(C)(C)OC(=O)N1CCN(CCN2CCN3c4cc(-c5ccccc5O)nnc4NC[C@H]3C2)CC1. The van der Waals surface area contributed by atoms with E-state index in [2.05, 4.69) is 30.2 Å². The number of ether oxygens (including phenoxy) is 1. The summed E-state index contributed by atoms with van der Waals surface area (Å²) in [6, 6.07) is 9.64. The Hall–Kier alpha value is -3.11. The van der Waals surface area contributed by atoms with Crippen LogP contribution in [-0.2, 0) is 4.74 Å². The number of carbonyl (C=O) groups is 1. The topological polar surface area (TPSA) is 97.3 Å². The fourth-order valence-electron chi connectivity index (χ4n) is 5.14. The molecule has 1 atom stereocenters. The van der Waals surface area contributed by atoms with E-state index in [1.54, 1.807) is 6.07 Å². The molecule has 2 aromatic rings. The zero-order valence-electron chi connectivity index (χ0n) is 21.5. The number of fused-ring (bicyclic) bond motifs is 3. The molecule has 0 spiro atoms. The van der Waals surface area contributed by atoms with Crippen molar-refractivity contribution < 1.29 is 14.6 Å². The van der Waals surface area contributed by atoms with Crippen LogP contribution in [0.1, 0.15) is 20.8 Å². The van der Waals surface area contributed by atoms with Gasteiger partial charge in [-0.25, -0.2) is 4.79 Å². The lowest BCUT2D eigenvalue weighted by atomic mass is 10.1. The van der Waals surface area contributed by atoms with Crippen LogP contribution in [0.25, 0.3) is 11.3 Å². The maximum absolute atomic E-state index is 12.3. The Morgan fingerprint density at radius 2 is 1.78 bits per heavy atom. The minimum absolute atomic E-state index is 0.210. The fourth-order valence-corrected chi connectivity index (χ4v) is 5.14. The van der Waals surface area contributed by atoms with Crippen LogP contribution < -0.4 is 10.2 Å². The molecule has 2 saturated heterocycles. The summed E-state index contributed by atoms with van der Waals surface area (Å²) in [5.74, 6) is 1.02. The van der Waals surface area contributed by atoms with E-state index in [4.69, 9.17) is 4.74 Å². The van der Waals surface area contributed by atoms with Crippen LogP contribution in [0, 0.1) is 0 Å². The molecule has 0 unspecified atom stereocenters. The smallest absolute Gasteiger partial charge is 0.410 e. The number of phenolic OH excluding ortho intramolecular Hbond substituents is 1. The second-order valence-electron chi connectivity index (χ2n) is 10.8. The molecule has 0 radical (unpaired) electrons. The second-order valence-corrected chi connectivity index (χ2v) is 10.8. The van der Waals surface area contributed by atoms with Gasteiger partial charge in [0.05, 0.1) is 17.4 Å². The van der Waals surface area contributed by atoms with Crippen molar-refractivity contribution >= 4 is 17.6 Å². The van der Waals surface area contributed by atoms with Crippen molar-refractivity contribution in [3.8, 4) is 17.0 Å². The minimum atomic E-state index is -0.456. The number of piperazine rings is 2. The van der Waals surface area contributed by atoms with Crippen molar-refractivity contribution in [3.05, 3.63) is 30.3 Å². The number of nitrogens with zero attached hydrogens (tertiary/aromatic N) is 6. The summed E-state index contributed by atoms with van der Waals surface area (Å²) in [5, 5.41) is 22.5. The Morgan fingerprint density at radius 3 is 2.53 bits per heavy atom. The van der Waals surface area contributed by atoms with Crippen molar-refractivity contribution in [2.24, 2.45) is 0 Å². The summed E-state index contributed by atoms with van der Waals surface area (Å²) in [4.78, 5) is 21.5. The highest BCUT2D eigenvalue weighted by Crippen LogP contribution is 2.35. The van der Waals surface area contributed by atoms with Gasteiger partial charge in [-0.1, -0.05) is 12.1 Å². The summed E-state index contributed by atoms with van der Waals surface area (Å²) >= 11 is 0. The van der Waals surface area contributed by atoms with Crippen LogP contribution in [0.5, 0.6) is 5.75 Å². The third kappa shape index (κ3) is 5.49. The van der Waals surface area contributed by atoms with Crippen molar-refractivity contribution in [1.29, 1.82) is 0 Å². The van der Waals surface area contributed by atoms with E-state index in [1.807, 2.05) is 49.9 Å². The molecule has 0 bridgehead atoms. The van der Waals surface area contributed by atoms with Gasteiger partial charge in [0.2, 0.25) is 0 Å². The molecule has 3 aliphatic heterocycles. The number of aromatic nitrogens is 2. The molecular formula is C26H37N7O3. The summed E-state index contributed by atoms with van der Waals surface area (Å²) in [6.07, 6.45) is -0.210. The quantitative estimate of drug-likeness (QED) is 0.662. The fraction of sp³-hybridized carbons (Fsp3) is 0.577. The van der Waals surface area contributed by atoms with Gasteiger partial charge in [-0.05, 0) is 39.0 Å². The summed E-state index contributed by atoms with van der Waals surface area (Å²) in [7, 11) is 0. The van der Waals surface area contributed by atoms with Crippen molar-refractivity contribution in [2.45, 2.75) is 32.4 Å². The normalized spacial score (nSPS) is 20.9. The molecule has 1 amide bonds. The van der Waals surface area contributed by atoms with Gasteiger partial charge in [-0.15, -0.1) is 10.2 Å². The van der Waals surface area contributed by atoms with Gasteiger partial charge in [0.1, 0.15) is 11.4 Å². The molecule has 0 saturated carbocycles. The standard InChI is InChI=1S/C26H37N7O3/c1-26(2,3)36-25(35)32-13-10-30(11-14-32)8-9-31-12-15-33-19(18-31)17-27-24-22(33)16-21(28-29-24)20-6-4-5-7-23(20)34/h4-7,16,19,34H,8-15,17-18H2,1-3H3,(H,27,29)/t19-/m0/s1. The lowest BCUT2D eigenvalue weighted by Gasteiger charge is -2.46. The lowest BCUT2D eigenvalue weighted by molar-refractivity contribution is 0.0137. The van der Waals surface area contributed by atoms with Crippen LogP contribution in [0.3, 0.4) is 0 Å². The van der Waals surface area contributed by atoms with Gasteiger partial charge < -0.3 is 25.0 Å². The number of rotatable bonds is 4. The first kappa shape index (κ1) is 24.6. The van der Waals surface area contributed by atoms with E-state index in [0.29, 0.717) is 30.4 Å². The van der Waals surface area contributed by atoms with E-state index in [-0.39, 0.29) is 11.8 Å². The molecule has 36 heavy (non-hydrogen) atoms. The number of para-hydroxylation sites is 1. The number of aromatic hydroxyl groups is 1. The largest absolute Gasteiger partial charge is 0.507 e. The third-order valence-corrected chi connectivity index (χ3v) is 7.09. The molecule has 10 heteroatoms. The number of hydrogen-bond donors (Lipinski definition) is 2. The molecule has 5 rings (SSSR count). The second kappa shape index (κ2) is 10.1. The average molecular weight is 496 g/mol. The van der Waals surface area contributed by atoms with E-state index >= 15 is 0 Å². The number of amides is 1. The molecule has 2 fully saturated rings. The van der Waals surface area contributed by atoms with Gasteiger partial charge in [0, 0.05) is 71.0 Å². The van der Waals surface area contributed by atoms with Crippen molar-refractivity contribution in [1.82, 2.24) is 24.9 Å². The van der Waals surface area contributed by atoms with Gasteiger partial charge >= 0.3 is 6.09 Å². The Morgan fingerprint density at radius 1 is 1.06 bits per heavy atom. The van der Waals surface area contributed by atoms with Gasteiger partial charge in [-0.2, -0.15) is 0 Å². The molecule has 2 N–H and O–H groups in total. The monoisotopic (exact) mass is 495 g/mol. The number of carbonyl (C=O) groups excluding carboxylic acids is 1. The Balaban J connectivity index is 1.13. The summed E-state index contributed by atoms with van der Waals surface area (Å²) in [5.41, 5.74) is 1.97. The molecule has 4 heterocycles. The molecule has 194 valence electrons. The van der Waals surface area contributed by atoms with Gasteiger partial charge in [-0.3, -0.25) is 9.80 Å². The first-order chi connectivity index (χ1) is 17.3. The number of phenols is 1. The average Bonchev–Trinajstić information content (AvgIpc) is 2.86. The van der Waals surface area contributed by atoms with Crippen LogP contribution in [0.15, 0.2) is 30.3 Å². The maximum atomic E-state index is 12.3. The van der Waals surface area contributed by atoms with E-state index in [0.717, 1.165) is 63.9 Å². The zero-order valence-corrected chi connectivity index (χ0v) is 21.5. The molecule has 1 aromatic heterocycles. The molecule has 3 aliphatic rings. The number of nitrogens with one attached hydrogen (secondary N) is 1. The van der Waals surface area contributed by atoms with Gasteiger partial charge in [0.25, 0.3) is 0 Å². The minimum Gasteiger partial charge on any atom is -0.507 e. The highest BCUT2D eigenvalue weighted by Gasteiger charge is 2.33. The highest BCUT2D eigenvalue weighted by atomic mass is 16.6. The van der Waals surface area contributed by atoms with Gasteiger partial charge in [0.15, 0.2) is 5.82 Å². The number of hydrogen-bond acceptors (Lipinski definition) is 9. The van der Waals surface area contributed by atoms with Crippen LogP contribution in [0.2, 0.25) is 0 Å². The number of anilines is 2. The molecular weight excluding hydrogens is 458 g/mol. The third-order valence-electron chi connectivity index (χ3n) is 7.09. The lowest BCUT2D eigenvalue weighted by Crippen LogP contribution is -2.59. The molecule has 0 aliphatic carbocycles. The van der Waals surface area contributed by atoms with E-state index in [1.165, 1.54) is 0 Å². The van der Waals surface area contributed by atoms with Crippen molar-refractivity contribution in [2.75, 3.05) is 75.7 Å². The van der Waals surface area contributed by atoms with Crippen LogP contribution >= 0.6 is 0 Å². The van der Waals surface area contributed by atoms with Crippen LogP contribution in [-0.4, -0.2) is 113 Å². The summed E-state index contributed by atoms with van der Waals surface area (Å²) < 4.78 is 5.51. The Labute approximate surface area is 212 Å². The first-order valence-electron chi connectivity index (χ1n) is 12.9. The van der Waals surface area contributed by atoms with Crippen LogP contribution in [0.4, 0.5) is 16.3 Å². The summed E-state index contributed by atoms with van der Waals surface area (Å²) in [6.45, 7) is 14.7. The Kier molecular flexibility index (Phi) is 6.90. The predicted octanol–water partition coefficient (Wildman–Crippen LogP) is 2.32. The molecule has 1 aromatic carbocycles.